The molecule has 1 aliphatic carbocycles. The van der Waals surface area contributed by atoms with Gasteiger partial charge in [-0.1, -0.05) is 13.8 Å². The van der Waals surface area contributed by atoms with Crippen molar-refractivity contribution < 1.29 is 4.79 Å². The molecule has 0 unspecified atom stereocenters. The topological polar surface area (TPSA) is 34.9 Å². The Balaban J connectivity index is 1.81. The lowest BCUT2D eigenvalue weighted by molar-refractivity contribution is -0.124. The normalized spacial score (nSPS) is 19.9. The number of carbonyl (C=O) groups excluding carboxylic acids is 1. The minimum atomic E-state index is 0.304. The molecular weight excluding hydrogens is 224 g/mol. The third-order valence-corrected chi connectivity index (χ3v) is 4.31. The third kappa shape index (κ3) is 3.21. The van der Waals surface area contributed by atoms with Gasteiger partial charge in [0.2, 0.25) is 0 Å². The number of rotatable bonds is 4. The van der Waals surface area contributed by atoms with E-state index in [0.717, 1.165) is 25.1 Å². The molecule has 0 bridgehead atoms. The van der Waals surface area contributed by atoms with Crippen molar-refractivity contribution in [1.29, 1.82) is 0 Å². The molecule has 1 aliphatic rings. The maximum Gasteiger partial charge on any atom is 0.136 e. The average molecular weight is 248 g/mol. The Morgan fingerprint density at radius 3 is 2.67 bits per heavy atom. The summed E-state index contributed by atoms with van der Waals surface area (Å²) in [5, 5.41) is 0. The molecule has 0 aliphatic heterocycles. The van der Waals surface area contributed by atoms with Crippen molar-refractivity contribution in [1.82, 2.24) is 9.55 Å². The highest BCUT2D eigenvalue weighted by Gasteiger charge is 2.30. The van der Waals surface area contributed by atoms with Crippen LogP contribution in [-0.2, 0) is 18.3 Å². The minimum Gasteiger partial charge on any atom is -0.338 e. The predicted octanol–water partition coefficient (Wildman–Crippen LogP) is 3.14. The Morgan fingerprint density at radius 1 is 1.44 bits per heavy atom. The van der Waals surface area contributed by atoms with Crippen LogP contribution < -0.4 is 0 Å². The molecule has 1 aromatic rings. The molecule has 0 spiro atoms. The summed E-state index contributed by atoms with van der Waals surface area (Å²) in [6, 6.07) is 0. The van der Waals surface area contributed by atoms with Crippen LogP contribution in [0, 0.1) is 11.3 Å². The monoisotopic (exact) mass is 248 g/mol. The number of hydrogen-bond donors (Lipinski definition) is 0. The van der Waals surface area contributed by atoms with Crippen LogP contribution in [0.2, 0.25) is 0 Å². The van der Waals surface area contributed by atoms with Crippen molar-refractivity contribution in [2.24, 2.45) is 18.4 Å². The van der Waals surface area contributed by atoms with Crippen LogP contribution in [0.4, 0.5) is 0 Å². The molecule has 0 N–H and O–H groups in total. The summed E-state index contributed by atoms with van der Waals surface area (Å²) in [6.45, 7) is 4.61. The van der Waals surface area contributed by atoms with Gasteiger partial charge in [-0.25, -0.2) is 4.98 Å². The van der Waals surface area contributed by atoms with Gasteiger partial charge in [0.05, 0.1) is 0 Å². The van der Waals surface area contributed by atoms with Crippen LogP contribution in [0.5, 0.6) is 0 Å². The van der Waals surface area contributed by atoms with E-state index >= 15 is 0 Å². The molecule has 0 radical (unpaired) electrons. The molecule has 0 atom stereocenters. The summed E-state index contributed by atoms with van der Waals surface area (Å²) >= 11 is 0. The highest BCUT2D eigenvalue weighted by Crippen LogP contribution is 2.38. The number of aromatic nitrogens is 2. The minimum absolute atomic E-state index is 0.304. The van der Waals surface area contributed by atoms with E-state index in [2.05, 4.69) is 18.8 Å². The predicted molar refractivity (Wildman–Crippen MR) is 72.3 cm³/mol. The Labute approximate surface area is 110 Å². The Hall–Kier alpha value is -1.12. The summed E-state index contributed by atoms with van der Waals surface area (Å²) in [5.74, 6) is 1.76. The fourth-order valence-electron chi connectivity index (χ4n) is 2.80. The van der Waals surface area contributed by atoms with E-state index in [9.17, 15) is 4.79 Å². The number of Topliss-reactive ketones (excluding diaryl/α,β-unsaturated/α-hetero) is 1. The average Bonchev–Trinajstić information content (AvgIpc) is 2.72. The maximum absolute atomic E-state index is 12.2. The molecule has 3 heteroatoms. The van der Waals surface area contributed by atoms with E-state index in [4.69, 9.17) is 0 Å². The SMILES string of the molecule is Cn1ccnc1CCC(=O)C1CCC(C)(C)CC1. The molecule has 1 saturated carbocycles. The number of nitrogens with zero attached hydrogens (tertiary/aromatic N) is 2. The van der Waals surface area contributed by atoms with E-state index in [-0.39, 0.29) is 0 Å². The summed E-state index contributed by atoms with van der Waals surface area (Å²) in [6.07, 6.45) is 9.68. The zero-order valence-electron chi connectivity index (χ0n) is 11.8. The first-order chi connectivity index (χ1) is 8.48. The standard InChI is InChI=1S/C15H24N2O/c1-15(2)8-6-12(7-9-15)13(18)4-5-14-16-10-11-17(14)3/h10-12H,4-9H2,1-3H3. The number of ketones is 1. The Bertz CT molecular complexity index is 410. The van der Waals surface area contributed by atoms with Crippen LogP contribution >= 0.6 is 0 Å². The van der Waals surface area contributed by atoms with Gasteiger partial charge in [-0.2, -0.15) is 0 Å². The van der Waals surface area contributed by atoms with Crippen LogP contribution in [0.3, 0.4) is 0 Å². The molecule has 18 heavy (non-hydrogen) atoms. The number of carbonyl (C=O) groups is 1. The molecular formula is C15H24N2O. The first-order valence-electron chi connectivity index (χ1n) is 6.97. The van der Waals surface area contributed by atoms with Gasteiger partial charge in [0, 0.05) is 38.2 Å². The fraction of sp³-hybridized carbons (Fsp3) is 0.733. The third-order valence-electron chi connectivity index (χ3n) is 4.31. The van der Waals surface area contributed by atoms with Gasteiger partial charge in [-0.3, -0.25) is 4.79 Å². The van der Waals surface area contributed by atoms with E-state index in [0.29, 0.717) is 23.5 Å². The first kappa shape index (κ1) is 13.3. The molecule has 2 rings (SSSR count). The van der Waals surface area contributed by atoms with Crippen LogP contribution in [0.25, 0.3) is 0 Å². The van der Waals surface area contributed by atoms with Crippen molar-refractivity contribution in [2.45, 2.75) is 52.4 Å². The molecule has 0 saturated heterocycles. The largest absolute Gasteiger partial charge is 0.338 e. The van der Waals surface area contributed by atoms with Gasteiger partial charge in [0.25, 0.3) is 0 Å². The molecule has 1 heterocycles. The van der Waals surface area contributed by atoms with Crippen LogP contribution in [0.1, 0.15) is 51.8 Å². The lowest BCUT2D eigenvalue weighted by Gasteiger charge is -2.33. The molecule has 0 amide bonds. The van der Waals surface area contributed by atoms with E-state index < -0.39 is 0 Å². The summed E-state index contributed by atoms with van der Waals surface area (Å²) in [7, 11) is 1.98. The van der Waals surface area contributed by atoms with Gasteiger partial charge in [0.15, 0.2) is 0 Å². The maximum atomic E-state index is 12.2. The number of imidazole rings is 1. The quantitative estimate of drug-likeness (QED) is 0.820. The second-order valence-corrected chi connectivity index (χ2v) is 6.36. The fourth-order valence-corrected chi connectivity index (χ4v) is 2.80. The Kier molecular flexibility index (Phi) is 3.88. The summed E-state index contributed by atoms with van der Waals surface area (Å²) in [4.78, 5) is 16.4. The second-order valence-electron chi connectivity index (χ2n) is 6.36. The van der Waals surface area contributed by atoms with Gasteiger partial charge in [-0.15, -0.1) is 0 Å². The van der Waals surface area contributed by atoms with Crippen molar-refractivity contribution in [3.8, 4) is 0 Å². The highest BCUT2D eigenvalue weighted by molar-refractivity contribution is 5.81. The molecule has 3 nitrogen and oxygen atoms in total. The van der Waals surface area contributed by atoms with Crippen molar-refractivity contribution in [3.05, 3.63) is 18.2 Å². The van der Waals surface area contributed by atoms with Crippen molar-refractivity contribution in [2.75, 3.05) is 0 Å². The zero-order valence-corrected chi connectivity index (χ0v) is 11.8. The molecule has 1 fully saturated rings. The van der Waals surface area contributed by atoms with Crippen LogP contribution in [-0.4, -0.2) is 15.3 Å². The van der Waals surface area contributed by atoms with Crippen LogP contribution in [0.15, 0.2) is 12.4 Å². The lowest BCUT2D eigenvalue weighted by Crippen LogP contribution is -2.26. The molecule has 0 aromatic carbocycles. The lowest BCUT2D eigenvalue weighted by atomic mass is 9.71. The van der Waals surface area contributed by atoms with Gasteiger partial charge < -0.3 is 4.57 Å². The number of hydrogen-bond acceptors (Lipinski definition) is 2. The second kappa shape index (κ2) is 5.25. The van der Waals surface area contributed by atoms with Crippen molar-refractivity contribution >= 4 is 5.78 Å². The number of aryl methyl sites for hydroxylation is 2. The smallest absolute Gasteiger partial charge is 0.136 e. The van der Waals surface area contributed by atoms with E-state index in [1.807, 2.05) is 17.8 Å². The summed E-state index contributed by atoms with van der Waals surface area (Å²) in [5.41, 5.74) is 0.441. The zero-order chi connectivity index (χ0) is 13.2. The first-order valence-corrected chi connectivity index (χ1v) is 6.97. The van der Waals surface area contributed by atoms with E-state index in [1.54, 1.807) is 6.20 Å². The Morgan fingerprint density at radius 2 is 2.11 bits per heavy atom. The van der Waals surface area contributed by atoms with Gasteiger partial charge in [-0.05, 0) is 31.1 Å². The molecule has 1 aromatic heterocycles. The van der Waals surface area contributed by atoms with Gasteiger partial charge in [0.1, 0.15) is 11.6 Å². The molecule has 100 valence electrons. The highest BCUT2D eigenvalue weighted by atomic mass is 16.1. The van der Waals surface area contributed by atoms with E-state index in [1.165, 1.54) is 12.8 Å². The van der Waals surface area contributed by atoms with Gasteiger partial charge >= 0.3 is 0 Å². The van der Waals surface area contributed by atoms with Crippen molar-refractivity contribution in [3.63, 3.8) is 0 Å². The summed E-state index contributed by atoms with van der Waals surface area (Å²) < 4.78 is 2.00.